The van der Waals surface area contributed by atoms with Crippen molar-refractivity contribution in [3.05, 3.63) is 65.7 Å². The third-order valence-electron chi connectivity index (χ3n) is 6.05. The van der Waals surface area contributed by atoms with E-state index in [0.717, 1.165) is 30.6 Å². The molecule has 31 heavy (non-hydrogen) atoms. The quantitative estimate of drug-likeness (QED) is 0.562. The van der Waals surface area contributed by atoms with Crippen LogP contribution in [0, 0.1) is 12.8 Å². The summed E-state index contributed by atoms with van der Waals surface area (Å²) in [6.45, 7) is 2.60. The molecule has 4 rings (SSSR count). The van der Waals surface area contributed by atoms with Crippen LogP contribution in [0.3, 0.4) is 0 Å². The lowest BCUT2D eigenvalue weighted by molar-refractivity contribution is -0.128. The molecule has 7 heteroatoms. The SMILES string of the molecule is Cc1nn(CC(=O)C[C@@H](Cn2cccn2)C(=O)N(C)c2ccccc2)c2c1CCCC2. The molecule has 0 bridgehead atoms. The molecule has 2 aromatic heterocycles. The fourth-order valence-electron chi connectivity index (χ4n) is 4.42. The van der Waals surface area contributed by atoms with Crippen molar-refractivity contribution in [2.24, 2.45) is 5.92 Å². The average Bonchev–Trinajstić information content (AvgIpc) is 3.41. The van der Waals surface area contributed by atoms with Crippen molar-refractivity contribution in [3.63, 3.8) is 0 Å². The lowest BCUT2D eigenvalue weighted by Crippen LogP contribution is -2.37. The highest BCUT2D eigenvalue weighted by Crippen LogP contribution is 2.24. The molecule has 162 valence electrons. The molecule has 0 N–H and O–H groups in total. The summed E-state index contributed by atoms with van der Waals surface area (Å²) in [6, 6.07) is 11.3. The molecule has 1 aliphatic carbocycles. The number of carbonyl (C=O) groups excluding carboxylic acids is 2. The van der Waals surface area contributed by atoms with Crippen LogP contribution in [0.15, 0.2) is 48.8 Å². The minimum absolute atomic E-state index is 0.0165. The smallest absolute Gasteiger partial charge is 0.232 e. The van der Waals surface area contributed by atoms with Gasteiger partial charge in [0.05, 0.1) is 24.7 Å². The molecule has 3 aromatic rings. The fraction of sp³-hybridized carbons (Fsp3) is 0.417. The van der Waals surface area contributed by atoms with Crippen LogP contribution in [-0.2, 0) is 35.5 Å². The minimum Gasteiger partial charge on any atom is -0.315 e. The molecule has 0 saturated heterocycles. The molecule has 0 unspecified atom stereocenters. The van der Waals surface area contributed by atoms with E-state index >= 15 is 0 Å². The number of benzene rings is 1. The molecule has 7 nitrogen and oxygen atoms in total. The Balaban J connectivity index is 1.50. The summed E-state index contributed by atoms with van der Waals surface area (Å²) in [4.78, 5) is 28.0. The Morgan fingerprint density at radius 2 is 1.90 bits per heavy atom. The molecule has 1 aliphatic rings. The van der Waals surface area contributed by atoms with Crippen molar-refractivity contribution < 1.29 is 9.59 Å². The van der Waals surface area contributed by atoms with Gasteiger partial charge in [-0.1, -0.05) is 18.2 Å². The third-order valence-corrected chi connectivity index (χ3v) is 6.05. The standard InChI is InChI=1S/C24H29N5O2/c1-18-22-11-6-7-12-23(22)29(26-18)17-21(30)15-19(16-28-14-8-13-25-28)24(31)27(2)20-9-4-3-5-10-20/h3-5,8-10,13-14,19H,6-7,11-12,15-17H2,1-2H3/t19-/m0/s1. The number of para-hydroxylation sites is 1. The number of aryl methyl sites for hydroxylation is 1. The second-order valence-corrected chi connectivity index (χ2v) is 8.28. The number of hydrogen-bond donors (Lipinski definition) is 0. The summed E-state index contributed by atoms with van der Waals surface area (Å²) < 4.78 is 3.58. The fourth-order valence-corrected chi connectivity index (χ4v) is 4.42. The van der Waals surface area contributed by atoms with Crippen LogP contribution >= 0.6 is 0 Å². The second-order valence-electron chi connectivity index (χ2n) is 8.28. The molecule has 1 amide bonds. The molecule has 0 saturated carbocycles. The van der Waals surface area contributed by atoms with E-state index in [1.807, 2.05) is 54.2 Å². The highest BCUT2D eigenvalue weighted by molar-refractivity contribution is 5.97. The Bertz CT molecular complexity index is 1040. The van der Waals surface area contributed by atoms with E-state index in [4.69, 9.17) is 0 Å². The zero-order chi connectivity index (χ0) is 21.8. The predicted octanol–water partition coefficient (Wildman–Crippen LogP) is 3.21. The molecule has 1 atom stereocenters. The number of rotatable bonds is 8. The first-order chi connectivity index (χ1) is 15.0. The van der Waals surface area contributed by atoms with Gasteiger partial charge in [-0.3, -0.25) is 19.0 Å². The van der Waals surface area contributed by atoms with E-state index in [0.29, 0.717) is 6.54 Å². The van der Waals surface area contributed by atoms with Crippen molar-refractivity contribution >= 4 is 17.4 Å². The summed E-state index contributed by atoms with van der Waals surface area (Å²) >= 11 is 0. The summed E-state index contributed by atoms with van der Waals surface area (Å²) in [6.07, 6.45) is 7.98. The van der Waals surface area contributed by atoms with E-state index in [9.17, 15) is 9.59 Å². The van der Waals surface area contributed by atoms with Crippen molar-refractivity contribution in [3.8, 4) is 0 Å². The average molecular weight is 420 g/mol. The Hall–Kier alpha value is -3.22. The van der Waals surface area contributed by atoms with E-state index in [2.05, 4.69) is 10.2 Å². The van der Waals surface area contributed by atoms with Crippen molar-refractivity contribution in [1.29, 1.82) is 0 Å². The minimum atomic E-state index is -0.495. The first-order valence-electron chi connectivity index (χ1n) is 10.9. The molecule has 0 radical (unpaired) electrons. The maximum absolute atomic E-state index is 13.3. The summed E-state index contributed by atoms with van der Waals surface area (Å²) in [5.74, 6) is -0.568. The van der Waals surface area contributed by atoms with Crippen LogP contribution in [0.2, 0.25) is 0 Å². The van der Waals surface area contributed by atoms with Gasteiger partial charge in [0.25, 0.3) is 0 Å². The molecular weight excluding hydrogens is 390 g/mol. The van der Waals surface area contributed by atoms with Gasteiger partial charge in [-0.2, -0.15) is 10.2 Å². The lowest BCUT2D eigenvalue weighted by Gasteiger charge is -2.24. The van der Waals surface area contributed by atoms with Crippen molar-refractivity contribution in [2.75, 3.05) is 11.9 Å². The highest BCUT2D eigenvalue weighted by Gasteiger charge is 2.27. The van der Waals surface area contributed by atoms with Crippen LogP contribution < -0.4 is 4.90 Å². The molecule has 0 fully saturated rings. The molecule has 0 aliphatic heterocycles. The first kappa shape index (κ1) is 21.0. The highest BCUT2D eigenvalue weighted by atomic mass is 16.2. The second kappa shape index (κ2) is 9.29. The Labute approximate surface area is 182 Å². The van der Waals surface area contributed by atoms with E-state index in [-0.39, 0.29) is 24.7 Å². The van der Waals surface area contributed by atoms with Gasteiger partial charge in [0, 0.05) is 37.2 Å². The van der Waals surface area contributed by atoms with Gasteiger partial charge >= 0.3 is 0 Å². The van der Waals surface area contributed by atoms with Crippen LogP contribution in [-0.4, -0.2) is 38.3 Å². The lowest BCUT2D eigenvalue weighted by atomic mass is 9.96. The van der Waals surface area contributed by atoms with Gasteiger partial charge in [0.2, 0.25) is 5.91 Å². The normalized spacial score (nSPS) is 14.1. The summed E-state index contributed by atoms with van der Waals surface area (Å²) in [5.41, 5.74) is 4.32. The van der Waals surface area contributed by atoms with Crippen molar-refractivity contribution in [2.45, 2.75) is 52.1 Å². The number of ketones is 1. The molecular formula is C24H29N5O2. The Morgan fingerprint density at radius 1 is 1.13 bits per heavy atom. The zero-order valence-electron chi connectivity index (χ0n) is 18.2. The predicted molar refractivity (Wildman–Crippen MR) is 119 cm³/mol. The topological polar surface area (TPSA) is 73.0 Å². The van der Waals surface area contributed by atoms with Gasteiger partial charge in [-0.15, -0.1) is 0 Å². The number of hydrogen-bond acceptors (Lipinski definition) is 4. The molecule has 2 heterocycles. The number of aromatic nitrogens is 4. The summed E-state index contributed by atoms with van der Waals surface area (Å²) in [5, 5.41) is 8.87. The molecule has 1 aromatic carbocycles. The maximum Gasteiger partial charge on any atom is 0.232 e. The molecule has 0 spiro atoms. The van der Waals surface area contributed by atoms with E-state index < -0.39 is 5.92 Å². The Morgan fingerprint density at radius 3 is 2.65 bits per heavy atom. The van der Waals surface area contributed by atoms with Gasteiger partial charge in [-0.05, 0) is 56.4 Å². The summed E-state index contributed by atoms with van der Waals surface area (Å²) in [7, 11) is 1.76. The van der Waals surface area contributed by atoms with Crippen LogP contribution in [0.1, 0.15) is 36.2 Å². The first-order valence-corrected chi connectivity index (χ1v) is 10.9. The number of anilines is 1. The number of Topliss-reactive ketones (excluding diaryl/α,β-unsaturated/α-hetero) is 1. The van der Waals surface area contributed by atoms with Crippen LogP contribution in [0.5, 0.6) is 0 Å². The van der Waals surface area contributed by atoms with Crippen LogP contribution in [0.25, 0.3) is 0 Å². The van der Waals surface area contributed by atoms with Gasteiger partial charge < -0.3 is 4.90 Å². The van der Waals surface area contributed by atoms with Crippen molar-refractivity contribution in [1.82, 2.24) is 19.6 Å². The van der Waals surface area contributed by atoms with E-state index in [1.165, 1.54) is 17.7 Å². The van der Waals surface area contributed by atoms with E-state index in [1.54, 1.807) is 22.8 Å². The van der Waals surface area contributed by atoms with Crippen LogP contribution in [0.4, 0.5) is 5.69 Å². The van der Waals surface area contributed by atoms with Gasteiger partial charge in [0.15, 0.2) is 5.78 Å². The monoisotopic (exact) mass is 419 g/mol. The maximum atomic E-state index is 13.3. The number of nitrogens with zero attached hydrogens (tertiary/aromatic N) is 5. The number of amides is 1. The number of fused-ring (bicyclic) bond motifs is 1. The van der Waals surface area contributed by atoms with Gasteiger partial charge in [-0.25, -0.2) is 0 Å². The van der Waals surface area contributed by atoms with Gasteiger partial charge in [0.1, 0.15) is 0 Å². The Kier molecular flexibility index (Phi) is 6.30. The largest absolute Gasteiger partial charge is 0.315 e. The number of carbonyl (C=O) groups is 2. The third kappa shape index (κ3) is 4.76. The zero-order valence-corrected chi connectivity index (χ0v) is 18.2.